The molecule has 1 atom stereocenters. The van der Waals surface area contributed by atoms with Crippen LogP contribution < -0.4 is 21.3 Å². The molecule has 4 N–H and O–H groups in total. The van der Waals surface area contributed by atoms with Gasteiger partial charge < -0.3 is 21.3 Å². The van der Waals surface area contributed by atoms with E-state index in [0.717, 1.165) is 32.4 Å². The Hall–Kier alpha value is -0.650. The highest BCUT2D eigenvalue weighted by Crippen LogP contribution is 2.02. The van der Waals surface area contributed by atoms with Crippen LogP contribution in [0.25, 0.3) is 0 Å². The standard InChI is InChI=1S/C17H38N4O/c1-13(2)18-10-8-7-9-16(21-15(5)6)17(22)20-12-11-19-14(3)4/h13-16,18-19,21H,7-12H2,1-6H3,(H,20,22). The fraction of sp³-hybridized carbons (Fsp3) is 0.941. The van der Waals surface area contributed by atoms with Gasteiger partial charge in [-0.05, 0) is 19.4 Å². The highest BCUT2D eigenvalue weighted by atomic mass is 16.2. The van der Waals surface area contributed by atoms with E-state index in [1.165, 1.54) is 0 Å². The van der Waals surface area contributed by atoms with E-state index in [1.807, 2.05) is 0 Å². The van der Waals surface area contributed by atoms with Crippen molar-refractivity contribution in [2.75, 3.05) is 19.6 Å². The maximum absolute atomic E-state index is 12.3. The van der Waals surface area contributed by atoms with Gasteiger partial charge in [0, 0.05) is 31.2 Å². The van der Waals surface area contributed by atoms with Crippen molar-refractivity contribution in [2.24, 2.45) is 0 Å². The van der Waals surface area contributed by atoms with Crippen LogP contribution in [0, 0.1) is 0 Å². The number of unbranched alkanes of at least 4 members (excludes halogenated alkanes) is 1. The zero-order valence-corrected chi connectivity index (χ0v) is 15.5. The summed E-state index contributed by atoms with van der Waals surface area (Å²) in [6.07, 6.45) is 3.06. The number of carbonyl (C=O) groups is 1. The summed E-state index contributed by atoms with van der Waals surface area (Å²) in [5.74, 6) is 0.121. The molecule has 0 fully saturated rings. The second kappa shape index (κ2) is 12.9. The smallest absolute Gasteiger partial charge is 0.237 e. The van der Waals surface area contributed by atoms with Crippen LogP contribution in [0.5, 0.6) is 0 Å². The molecule has 0 heterocycles. The lowest BCUT2D eigenvalue weighted by molar-refractivity contribution is -0.123. The van der Waals surface area contributed by atoms with Crippen molar-refractivity contribution in [3.63, 3.8) is 0 Å². The van der Waals surface area contributed by atoms with Crippen LogP contribution in [0.3, 0.4) is 0 Å². The lowest BCUT2D eigenvalue weighted by Gasteiger charge is -2.21. The van der Waals surface area contributed by atoms with E-state index in [9.17, 15) is 4.79 Å². The second-order valence-electron chi connectivity index (χ2n) is 6.88. The van der Waals surface area contributed by atoms with Crippen molar-refractivity contribution in [1.29, 1.82) is 0 Å². The molecule has 0 spiro atoms. The van der Waals surface area contributed by atoms with Crippen molar-refractivity contribution in [1.82, 2.24) is 21.3 Å². The van der Waals surface area contributed by atoms with Gasteiger partial charge in [-0.25, -0.2) is 0 Å². The molecule has 1 amide bonds. The van der Waals surface area contributed by atoms with Gasteiger partial charge in [-0.15, -0.1) is 0 Å². The predicted molar refractivity (Wildman–Crippen MR) is 95.2 cm³/mol. The molecule has 0 rings (SSSR count). The first-order chi connectivity index (χ1) is 10.3. The quantitative estimate of drug-likeness (QED) is 0.390. The summed E-state index contributed by atoms with van der Waals surface area (Å²) in [5.41, 5.74) is 0. The van der Waals surface area contributed by atoms with Crippen molar-refractivity contribution < 1.29 is 4.79 Å². The van der Waals surface area contributed by atoms with Gasteiger partial charge in [-0.3, -0.25) is 4.79 Å². The van der Waals surface area contributed by atoms with Gasteiger partial charge in [0.05, 0.1) is 6.04 Å². The molecule has 0 aromatic carbocycles. The third kappa shape index (κ3) is 13.0. The van der Waals surface area contributed by atoms with Crippen molar-refractivity contribution in [2.45, 2.75) is 85.0 Å². The highest BCUT2D eigenvalue weighted by molar-refractivity contribution is 5.81. The van der Waals surface area contributed by atoms with E-state index in [4.69, 9.17) is 0 Å². The Morgan fingerprint density at radius 3 is 1.91 bits per heavy atom. The third-order valence-electron chi connectivity index (χ3n) is 3.30. The summed E-state index contributed by atoms with van der Waals surface area (Å²) < 4.78 is 0. The Balaban J connectivity index is 4.01. The van der Waals surface area contributed by atoms with Crippen LogP contribution in [-0.2, 0) is 4.79 Å². The zero-order valence-electron chi connectivity index (χ0n) is 15.5. The van der Waals surface area contributed by atoms with Crippen molar-refractivity contribution in [3.8, 4) is 0 Å². The minimum absolute atomic E-state index is 0.0851. The van der Waals surface area contributed by atoms with Gasteiger partial charge >= 0.3 is 0 Å². The average Bonchev–Trinajstić information content (AvgIpc) is 2.40. The lowest BCUT2D eigenvalue weighted by atomic mass is 10.1. The summed E-state index contributed by atoms with van der Waals surface area (Å²) in [5, 5.41) is 13.1. The first-order valence-corrected chi connectivity index (χ1v) is 8.83. The number of amides is 1. The fourth-order valence-electron chi connectivity index (χ4n) is 2.23. The molecule has 0 aliphatic rings. The zero-order chi connectivity index (χ0) is 17.0. The molecular formula is C17H38N4O. The summed E-state index contributed by atoms with van der Waals surface area (Å²) in [4.78, 5) is 12.3. The molecule has 0 aliphatic heterocycles. The van der Waals surface area contributed by atoms with Crippen LogP contribution in [0.15, 0.2) is 0 Å². The minimum Gasteiger partial charge on any atom is -0.353 e. The molecular weight excluding hydrogens is 276 g/mol. The number of hydrogen-bond acceptors (Lipinski definition) is 4. The number of nitrogens with one attached hydrogen (secondary N) is 4. The third-order valence-corrected chi connectivity index (χ3v) is 3.30. The molecule has 0 aromatic heterocycles. The Kier molecular flexibility index (Phi) is 12.5. The van der Waals surface area contributed by atoms with Gasteiger partial charge in [0.1, 0.15) is 0 Å². The van der Waals surface area contributed by atoms with Crippen LogP contribution in [0.2, 0.25) is 0 Å². The van der Waals surface area contributed by atoms with Crippen molar-refractivity contribution in [3.05, 3.63) is 0 Å². The molecule has 0 aliphatic carbocycles. The fourth-order valence-corrected chi connectivity index (χ4v) is 2.23. The lowest BCUT2D eigenvalue weighted by Crippen LogP contribution is -2.48. The first kappa shape index (κ1) is 21.4. The van der Waals surface area contributed by atoms with E-state index in [0.29, 0.717) is 24.7 Å². The molecule has 0 saturated carbocycles. The SMILES string of the molecule is CC(C)NCCCCC(NC(C)C)C(=O)NCCNC(C)C. The van der Waals surface area contributed by atoms with Gasteiger partial charge in [0.2, 0.25) is 5.91 Å². The Labute approximate surface area is 137 Å². The first-order valence-electron chi connectivity index (χ1n) is 8.83. The number of carbonyl (C=O) groups excluding carboxylic acids is 1. The Morgan fingerprint density at radius 2 is 1.36 bits per heavy atom. The average molecular weight is 315 g/mol. The van der Waals surface area contributed by atoms with E-state index in [2.05, 4.69) is 62.8 Å². The summed E-state index contributed by atoms with van der Waals surface area (Å²) >= 11 is 0. The van der Waals surface area contributed by atoms with Gasteiger partial charge in [-0.1, -0.05) is 48.0 Å². The molecule has 1 unspecified atom stereocenters. The second-order valence-corrected chi connectivity index (χ2v) is 6.88. The van der Waals surface area contributed by atoms with E-state index in [-0.39, 0.29) is 11.9 Å². The predicted octanol–water partition coefficient (Wildman–Crippen LogP) is 1.64. The van der Waals surface area contributed by atoms with Crippen LogP contribution in [0.1, 0.15) is 60.8 Å². The van der Waals surface area contributed by atoms with E-state index >= 15 is 0 Å². The Bertz CT molecular complexity index is 280. The molecule has 5 nitrogen and oxygen atoms in total. The highest BCUT2D eigenvalue weighted by Gasteiger charge is 2.18. The maximum Gasteiger partial charge on any atom is 0.237 e. The molecule has 0 bridgehead atoms. The molecule has 0 radical (unpaired) electrons. The van der Waals surface area contributed by atoms with Gasteiger partial charge in [0.25, 0.3) is 0 Å². The summed E-state index contributed by atoms with van der Waals surface area (Å²) in [6.45, 7) is 15.2. The number of rotatable bonds is 13. The minimum atomic E-state index is -0.0851. The van der Waals surface area contributed by atoms with Crippen LogP contribution in [-0.4, -0.2) is 49.7 Å². The van der Waals surface area contributed by atoms with Gasteiger partial charge in [-0.2, -0.15) is 0 Å². The normalized spacial score (nSPS) is 13.1. The largest absolute Gasteiger partial charge is 0.353 e. The van der Waals surface area contributed by atoms with Crippen molar-refractivity contribution >= 4 is 5.91 Å². The summed E-state index contributed by atoms with van der Waals surface area (Å²) in [7, 11) is 0. The molecule has 22 heavy (non-hydrogen) atoms. The van der Waals surface area contributed by atoms with Crippen LogP contribution >= 0.6 is 0 Å². The topological polar surface area (TPSA) is 65.2 Å². The Morgan fingerprint density at radius 1 is 0.773 bits per heavy atom. The molecule has 0 aromatic rings. The molecule has 0 saturated heterocycles. The summed E-state index contributed by atoms with van der Waals surface area (Å²) in [6, 6.07) is 1.22. The molecule has 132 valence electrons. The van der Waals surface area contributed by atoms with E-state index in [1.54, 1.807) is 0 Å². The molecule has 5 heteroatoms. The maximum atomic E-state index is 12.3. The van der Waals surface area contributed by atoms with Crippen LogP contribution in [0.4, 0.5) is 0 Å². The van der Waals surface area contributed by atoms with E-state index < -0.39 is 0 Å². The monoisotopic (exact) mass is 314 g/mol. The number of hydrogen-bond donors (Lipinski definition) is 4. The van der Waals surface area contributed by atoms with Gasteiger partial charge in [0.15, 0.2) is 0 Å².